The van der Waals surface area contributed by atoms with Gasteiger partial charge in [0.15, 0.2) is 0 Å². The fourth-order valence-corrected chi connectivity index (χ4v) is 6.17. The number of amides is 4. The number of nitrogens with zero attached hydrogens (tertiary/aromatic N) is 3. The molecule has 0 saturated carbocycles. The third kappa shape index (κ3) is 12.5. The molecule has 2 aromatic rings. The molecule has 12 nitrogen and oxygen atoms in total. The van der Waals surface area contributed by atoms with Gasteiger partial charge in [-0.2, -0.15) is 0 Å². The average molecular weight is 667 g/mol. The summed E-state index contributed by atoms with van der Waals surface area (Å²) in [5.41, 5.74) is 2.11. The first kappa shape index (κ1) is 38.4. The molecule has 1 aromatic heterocycles. The Morgan fingerprint density at radius 1 is 0.958 bits per heavy atom. The van der Waals surface area contributed by atoms with Crippen LogP contribution in [-0.4, -0.2) is 86.8 Å². The SMILES string of the molecule is CC(=O)N1CCC[C@H]1C(=O)N[C@@H](CC(C)C)C(=O)N[C@@H](Cc1cncn1CCCCCCCCc1ccccc1)C(=O)N[C@H](C=O)CO. The summed E-state index contributed by atoms with van der Waals surface area (Å²) in [6.45, 7) is 5.88. The van der Waals surface area contributed by atoms with Crippen LogP contribution >= 0.6 is 0 Å². The topological polar surface area (TPSA) is 163 Å². The van der Waals surface area contributed by atoms with Gasteiger partial charge in [-0.25, -0.2) is 4.98 Å². The van der Waals surface area contributed by atoms with Crippen LogP contribution in [0.15, 0.2) is 42.9 Å². The van der Waals surface area contributed by atoms with E-state index in [1.54, 1.807) is 12.5 Å². The minimum absolute atomic E-state index is 0.0416. The molecule has 3 rings (SSSR count). The largest absolute Gasteiger partial charge is 0.394 e. The molecule has 1 fully saturated rings. The maximum absolute atomic E-state index is 13.7. The number of benzene rings is 1. The van der Waals surface area contributed by atoms with E-state index in [0.29, 0.717) is 38.6 Å². The first-order chi connectivity index (χ1) is 23.1. The summed E-state index contributed by atoms with van der Waals surface area (Å²) in [6, 6.07) is 6.70. The van der Waals surface area contributed by atoms with Gasteiger partial charge in [0.1, 0.15) is 30.5 Å². The van der Waals surface area contributed by atoms with Crippen LogP contribution in [0.3, 0.4) is 0 Å². The highest BCUT2D eigenvalue weighted by Gasteiger charge is 2.35. The van der Waals surface area contributed by atoms with Crippen molar-refractivity contribution < 1.29 is 29.1 Å². The predicted molar refractivity (Wildman–Crippen MR) is 183 cm³/mol. The number of aldehydes is 1. The number of hydrogen-bond acceptors (Lipinski definition) is 7. The van der Waals surface area contributed by atoms with Gasteiger partial charge in [-0.1, -0.05) is 69.9 Å². The summed E-state index contributed by atoms with van der Waals surface area (Å²) in [5, 5.41) is 17.6. The zero-order valence-electron chi connectivity index (χ0n) is 28.7. The third-order valence-corrected chi connectivity index (χ3v) is 8.79. The standard InChI is InChI=1S/C36H54N6O6/c1-26(2)20-31(40-36(48)33-17-13-19-42(33)27(3)45)35(47)39-32(34(46)38-29(23-43)24-44)21-30-22-37-25-41(30)18-12-7-5-4-6-9-14-28-15-10-8-11-16-28/h8,10-11,15-16,22-23,25-26,29,31-33,44H,4-7,9,12-14,17-21,24H2,1-3H3,(H,38,46)(H,39,47)(H,40,48)/t29-,31+,32+,33+/m1/s1. The zero-order chi connectivity index (χ0) is 34.9. The number of nitrogens with one attached hydrogen (secondary N) is 3. The maximum atomic E-state index is 13.7. The molecule has 1 aliphatic heterocycles. The Morgan fingerprint density at radius 2 is 1.65 bits per heavy atom. The molecule has 0 unspecified atom stereocenters. The Balaban J connectivity index is 1.61. The molecule has 0 bridgehead atoms. The minimum atomic E-state index is -1.12. The number of aromatic nitrogens is 2. The van der Waals surface area contributed by atoms with E-state index in [2.05, 4.69) is 45.2 Å². The molecular weight excluding hydrogens is 612 g/mol. The fraction of sp³-hybridized carbons (Fsp3) is 0.611. The first-order valence-corrected chi connectivity index (χ1v) is 17.4. The summed E-state index contributed by atoms with van der Waals surface area (Å²) >= 11 is 0. The Morgan fingerprint density at radius 3 is 2.31 bits per heavy atom. The van der Waals surface area contributed by atoms with E-state index in [1.165, 1.54) is 36.6 Å². The number of aliphatic hydroxyl groups excluding tert-OH is 1. The molecule has 12 heteroatoms. The molecule has 0 spiro atoms. The highest BCUT2D eigenvalue weighted by molar-refractivity contribution is 5.94. The lowest BCUT2D eigenvalue weighted by Crippen LogP contribution is -2.58. The molecule has 4 amide bonds. The van der Waals surface area contributed by atoms with E-state index < -0.39 is 48.5 Å². The number of carbonyl (C=O) groups is 5. The molecule has 264 valence electrons. The molecule has 1 aliphatic rings. The number of aliphatic hydroxyl groups is 1. The Kier molecular flexibility index (Phi) is 16.3. The molecular formula is C36H54N6O6. The van der Waals surface area contributed by atoms with Gasteiger partial charge in [0.25, 0.3) is 0 Å². The van der Waals surface area contributed by atoms with Crippen LogP contribution in [0.2, 0.25) is 0 Å². The smallest absolute Gasteiger partial charge is 0.243 e. The van der Waals surface area contributed by atoms with E-state index in [4.69, 9.17) is 0 Å². The van der Waals surface area contributed by atoms with Gasteiger partial charge < -0.3 is 35.3 Å². The van der Waals surface area contributed by atoms with Crippen molar-refractivity contribution in [3.05, 3.63) is 54.1 Å². The van der Waals surface area contributed by atoms with Crippen LogP contribution < -0.4 is 16.0 Å². The van der Waals surface area contributed by atoms with E-state index in [0.717, 1.165) is 31.4 Å². The molecule has 1 aromatic carbocycles. The number of hydrogen-bond donors (Lipinski definition) is 4. The molecule has 0 radical (unpaired) electrons. The molecule has 0 aliphatic carbocycles. The molecule has 48 heavy (non-hydrogen) atoms. The van der Waals surface area contributed by atoms with Crippen LogP contribution in [0.1, 0.15) is 89.8 Å². The average Bonchev–Trinajstić information content (AvgIpc) is 3.74. The number of rotatable bonds is 21. The van der Waals surface area contributed by atoms with Crippen molar-refractivity contribution >= 4 is 29.9 Å². The van der Waals surface area contributed by atoms with Crippen molar-refractivity contribution in [3.8, 4) is 0 Å². The van der Waals surface area contributed by atoms with E-state index in [1.807, 2.05) is 24.5 Å². The van der Waals surface area contributed by atoms with Gasteiger partial charge in [0.2, 0.25) is 23.6 Å². The number of imidazole rings is 1. The van der Waals surface area contributed by atoms with Crippen LogP contribution in [0, 0.1) is 5.92 Å². The quantitative estimate of drug-likeness (QED) is 0.118. The lowest BCUT2D eigenvalue weighted by Gasteiger charge is -2.28. The molecule has 4 atom stereocenters. The van der Waals surface area contributed by atoms with Gasteiger partial charge >= 0.3 is 0 Å². The Labute approximate surface area is 284 Å². The Bertz CT molecular complexity index is 1320. The van der Waals surface area contributed by atoms with Gasteiger partial charge in [-0.15, -0.1) is 0 Å². The second kappa shape index (κ2) is 20.3. The van der Waals surface area contributed by atoms with Crippen molar-refractivity contribution in [2.24, 2.45) is 5.92 Å². The van der Waals surface area contributed by atoms with Gasteiger partial charge in [0.05, 0.1) is 12.9 Å². The predicted octanol–water partition coefficient (Wildman–Crippen LogP) is 2.71. The summed E-state index contributed by atoms with van der Waals surface area (Å²) < 4.78 is 1.97. The lowest BCUT2D eigenvalue weighted by molar-refractivity contribution is -0.138. The van der Waals surface area contributed by atoms with Gasteiger partial charge in [-0.3, -0.25) is 19.2 Å². The zero-order valence-corrected chi connectivity index (χ0v) is 28.7. The molecule has 2 heterocycles. The normalized spacial score (nSPS) is 16.3. The monoisotopic (exact) mass is 666 g/mol. The second-order valence-electron chi connectivity index (χ2n) is 13.2. The fourth-order valence-electron chi connectivity index (χ4n) is 6.17. The summed E-state index contributed by atoms with van der Waals surface area (Å²) in [4.78, 5) is 69.5. The highest BCUT2D eigenvalue weighted by Crippen LogP contribution is 2.18. The highest BCUT2D eigenvalue weighted by atomic mass is 16.3. The minimum Gasteiger partial charge on any atom is -0.394 e. The summed E-state index contributed by atoms with van der Waals surface area (Å²) in [6.07, 6.45) is 13.2. The molecule has 4 N–H and O–H groups in total. The van der Waals surface area contributed by atoms with Gasteiger partial charge in [-0.05, 0) is 50.0 Å². The van der Waals surface area contributed by atoms with Crippen LogP contribution in [-0.2, 0) is 43.4 Å². The lowest BCUT2D eigenvalue weighted by atomic mass is 10.0. The van der Waals surface area contributed by atoms with Crippen molar-refractivity contribution in [1.29, 1.82) is 0 Å². The van der Waals surface area contributed by atoms with Crippen molar-refractivity contribution in [1.82, 2.24) is 30.4 Å². The second-order valence-corrected chi connectivity index (χ2v) is 13.2. The van der Waals surface area contributed by atoms with Crippen LogP contribution in [0.5, 0.6) is 0 Å². The third-order valence-electron chi connectivity index (χ3n) is 8.79. The number of unbranched alkanes of at least 4 members (excludes halogenated alkanes) is 5. The Hall–Kier alpha value is -4.06. The van der Waals surface area contributed by atoms with Crippen LogP contribution in [0.4, 0.5) is 0 Å². The van der Waals surface area contributed by atoms with Crippen molar-refractivity contribution in [2.75, 3.05) is 13.2 Å². The van der Waals surface area contributed by atoms with E-state index >= 15 is 0 Å². The number of likely N-dealkylation sites (tertiary alicyclic amines) is 1. The molecule has 1 saturated heterocycles. The first-order valence-electron chi connectivity index (χ1n) is 17.4. The summed E-state index contributed by atoms with van der Waals surface area (Å²) in [5.74, 6) is -1.74. The maximum Gasteiger partial charge on any atom is 0.243 e. The van der Waals surface area contributed by atoms with E-state index in [9.17, 15) is 29.1 Å². The summed E-state index contributed by atoms with van der Waals surface area (Å²) in [7, 11) is 0. The van der Waals surface area contributed by atoms with E-state index in [-0.39, 0.29) is 18.2 Å². The van der Waals surface area contributed by atoms with Gasteiger partial charge in [0, 0.05) is 38.3 Å². The number of carbonyl (C=O) groups excluding carboxylic acids is 5. The van der Waals surface area contributed by atoms with Crippen molar-refractivity contribution in [3.63, 3.8) is 0 Å². The van der Waals surface area contributed by atoms with Crippen molar-refractivity contribution in [2.45, 2.75) is 122 Å². The van der Waals surface area contributed by atoms with Crippen LogP contribution in [0.25, 0.3) is 0 Å². The number of aryl methyl sites for hydroxylation is 2.